The van der Waals surface area contributed by atoms with E-state index in [1.54, 1.807) is 12.1 Å². The van der Waals surface area contributed by atoms with Crippen molar-refractivity contribution in [3.05, 3.63) is 68.2 Å². The van der Waals surface area contributed by atoms with Crippen LogP contribution in [0.3, 0.4) is 0 Å². The molecule has 1 fully saturated rings. The summed E-state index contributed by atoms with van der Waals surface area (Å²) in [4.78, 5) is 37.9. The fourth-order valence-electron chi connectivity index (χ4n) is 4.15. The fraction of sp³-hybridized carbons (Fsp3) is 0.348. The molecule has 1 aliphatic carbocycles. The molecule has 0 spiro atoms. The maximum atomic E-state index is 13.0. The number of aryl methyl sites for hydroxylation is 3. The molecule has 0 saturated heterocycles. The largest absolute Gasteiger partial charge is 0.352 e. The Kier molecular flexibility index (Phi) is 6.45. The van der Waals surface area contributed by atoms with Gasteiger partial charge in [0.1, 0.15) is 11.7 Å². The van der Waals surface area contributed by atoms with Crippen LogP contribution in [0, 0.1) is 26.7 Å². The van der Waals surface area contributed by atoms with Gasteiger partial charge in [-0.2, -0.15) is 0 Å². The lowest BCUT2D eigenvalue weighted by Gasteiger charge is -2.16. The van der Waals surface area contributed by atoms with Gasteiger partial charge in [0, 0.05) is 24.4 Å². The van der Waals surface area contributed by atoms with Gasteiger partial charge in [-0.1, -0.05) is 40.9 Å². The van der Waals surface area contributed by atoms with Crippen LogP contribution in [0.25, 0.3) is 0 Å². The lowest BCUT2D eigenvalue weighted by Crippen LogP contribution is -2.27. The highest BCUT2D eigenvalue weighted by Gasteiger charge is 2.42. The Bertz CT molecular complexity index is 977. The Balaban J connectivity index is 1.65. The second kappa shape index (κ2) is 8.68. The topological polar surface area (TPSA) is 63.2 Å². The average molecular weight is 432 g/mol. The molecule has 2 atom stereocenters. The molecule has 2 aromatic rings. The van der Waals surface area contributed by atoms with E-state index < -0.39 is 5.92 Å². The van der Waals surface area contributed by atoms with E-state index in [2.05, 4.69) is 5.32 Å². The van der Waals surface area contributed by atoms with Crippen molar-refractivity contribution in [3.8, 4) is 0 Å². The van der Waals surface area contributed by atoms with Crippen molar-refractivity contribution in [2.24, 2.45) is 5.92 Å². The van der Waals surface area contributed by atoms with Gasteiger partial charge in [0.2, 0.25) is 0 Å². The molecule has 1 saturated carbocycles. The molecule has 4 nitrogen and oxygen atoms in total. The minimum absolute atomic E-state index is 0.0362. The second-order valence-corrected chi connectivity index (χ2v) is 8.50. The SMILES string of the molecule is Cc1cc(C)c(C2C(=O)CC(CCNC(=O)c3ccc(Cl)c(Cl)c3)C2=O)c(C)c1. The number of halogens is 2. The highest BCUT2D eigenvalue weighted by molar-refractivity contribution is 6.42. The summed E-state index contributed by atoms with van der Waals surface area (Å²) in [5.74, 6) is -1.44. The van der Waals surface area contributed by atoms with Crippen LogP contribution in [0.5, 0.6) is 0 Å². The molecule has 2 aromatic carbocycles. The molecule has 2 unspecified atom stereocenters. The fourth-order valence-corrected chi connectivity index (χ4v) is 4.45. The van der Waals surface area contributed by atoms with Crippen molar-refractivity contribution in [3.63, 3.8) is 0 Å². The molecule has 1 N–H and O–H groups in total. The van der Waals surface area contributed by atoms with Crippen LogP contribution in [0.4, 0.5) is 0 Å². The van der Waals surface area contributed by atoms with Crippen molar-refractivity contribution in [2.45, 2.75) is 39.5 Å². The van der Waals surface area contributed by atoms with Crippen LogP contribution in [0.2, 0.25) is 10.0 Å². The van der Waals surface area contributed by atoms with Gasteiger partial charge in [0.05, 0.1) is 10.0 Å². The minimum atomic E-state index is -0.689. The summed E-state index contributed by atoms with van der Waals surface area (Å²) >= 11 is 11.8. The zero-order chi connectivity index (χ0) is 21.3. The maximum absolute atomic E-state index is 13.0. The lowest BCUT2D eigenvalue weighted by molar-refractivity contribution is -0.124. The van der Waals surface area contributed by atoms with Gasteiger partial charge in [0.15, 0.2) is 5.78 Å². The molecule has 29 heavy (non-hydrogen) atoms. The van der Waals surface area contributed by atoms with E-state index in [4.69, 9.17) is 23.2 Å². The smallest absolute Gasteiger partial charge is 0.251 e. The first-order valence-electron chi connectivity index (χ1n) is 9.56. The Morgan fingerprint density at radius 1 is 1.03 bits per heavy atom. The Morgan fingerprint density at radius 3 is 2.31 bits per heavy atom. The zero-order valence-electron chi connectivity index (χ0n) is 16.6. The van der Waals surface area contributed by atoms with Crippen LogP contribution >= 0.6 is 23.2 Å². The van der Waals surface area contributed by atoms with Crippen LogP contribution in [0.15, 0.2) is 30.3 Å². The van der Waals surface area contributed by atoms with Gasteiger partial charge in [-0.3, -0.25) is 14.4 Å². The predicted molar refractivity (Wildman–Crippen MR) is 115 cm³/mol. The van der Waals surface area contributed by atoms with E-state index in [0.717, 1.165) is 22.3 Å². The van der Waals surface area contributed by atoms with Gasteiger partial charge in [-0.15, -0.1) is 0 Å². The summed E-state index contributed by atoms with van der Waals surface area (Å²) in [6.07, 6.45) is 0.650. The second-order valence-electron chi connectivity index (χ2n) is 7.69. The molecular weight excluding hydrogens is 409 g/mol. The number of carbonyl (C=O) groups excluding carboxylic acids is 3. The zero-order valence-corrected chi connectivity index (χ0v) is 18.2. The summed E-state index contributed by atoms with van der Waals surface area (Å²) < 4.78 is 0. The number of ketones is 2. The van der Waals surface area contributed by atoms with E-state index in [-0.39, 0.29) is 29.8 Å². The molecule has 0 bridgehead atoms. The van der Waals surface area contributed by atoms with Crippen molar-refractivity contribution in [1.82, 2.24) is 5.32 Å². The van der Waals surface area contributed by atoms with Gasteiger partial charge in [-0.05, 0) is 62.1 Å². The first-order valence-corrected chi connectivity index (χ1v) is 10.3. The number of carbonyl (C=O) groups is 3. The highest BCUT2D eigenvalue weighted by atomic mass is 35.5. The normalized spacial score (nSPS) is 18.9. The van der Waals surface area contributed by atoms with Crippen molar-refractivity contribution >= 4 is 40.7 Å². The maximum Gasteiger partial charge on any atom is 0.251 e. The van der Waals surface area contributed by atoms with Crippen LogP contribution in [0.1, 0.15) is 51.4 Å². The molecule has 0 aliphatic heterocycles. The molecular formula is C23H23Cl2NO3. The van der Waals surface area contributed by atoms with E-state index in [9.17, 15) is 14.4 Å². The first kappa shape index (κ1) is 21.5. The molecule has 0 radical (unpaired) electrons. The van der Waals surface area contributed by atoms with Gasteiger partial charge >= 0.3 is 0 Å². The molecule has 0 aromatic heterocycles. The van der Waals surface area contributed by atoms with E-state index >= 15 is 0 Å². The average Bonchev–Trinajstić information content (AvgIpc) is 2.91. The number of hydrogen-bond donors (Lipinski definition) is 1. The Hall–Kier alpha value is -2.17. The van der Waals surface area contributed by atoms with Gasteiger partial charge in [-0.25, -0.2) is 0 Å². The van der Waals surface area contributed by atoms with Crippen LogP contribution in [-0.2, 0) is 9.59 Å². The quantitative estimate of drug-likeness (QED) is 0.678. The van der Waals surface area contributed by atoms with Crippen LogP contribution < -0.4 is 5.32 Å². The van der Waals surface area contributed by atoms with Gasteiger partial charge < -0.3 is 5.32 Å². The number of Topliss-reactive ketones (excluding diaryl/α,β-unsaturated/α-hetero) is 2. The molecule has 3 rings (SSSR count). The van der Waals surface area contributed by atoms with Gasteiger partial charge in [0.25, 0.3) is 5.91 Å². The van der Waals surface area contributed by atoms with E-state index in [1.807, 2.05) is 32.9 Å². The van der Waals surface area contributed by atoms with E-state index in [0.29, 0.717) is 28.6 Å². The highest BCUT2D eigenvalue weighted by Crippen LogP contribution is 2.37. The van der Waals surface area contributed by atoms with Crippen LogP contribution in [-0.4, -0.2) is 24.0 Å². The number of hydrogen-bond acceptors (Lipinski definition) is 3. The molecule has 152 valence electrons. The first-order chi connectivity index (χ1) is 13.7. The third kappa shape index (κ3) is 4.54. The summed E-state index contributed by atoms with van der Waals surface area (Å²) in [5.41, 5.74) is 4.30. The summed E-state index contributed by atoms with van der Waals surface area (Å²) in [6.45, 7) is 6.20. The number of benzene rings is 2. The summed E-state index contributed by atoms with van der Waals surface area (Å²) in [5, 5.41) is 3.48. The number of nitrogens with one attached hydrogen (secondary N) is 1. The number of amides is 1. The van der Waals surface area contributed by atoms with Crippen molar-refractivity contribution in [1.29, 1.82) is 0 Å². The third-order valence-corrected chi connectivity index (χ3v) is 6.18. The third-order valence-electron chi connectivity index (χ3n) is 5.44. The molecule has 0 heterocycles. The van der Waals surface area contributed by atoms with Crippen molar-refractivity contribution < 1.29 is 14.4 Å². The number of rotatable bonds is 5. The molecule has 1 amide bonds. The Labute approximate surface area is 180 Å². The minimum Gasteiger partial charge on any atom is -0.352 e. The van der Waals surface area contributed by atoms with E-state index in [1.165, 1.54) is 6.07 Å². The lowest BCUT2D eigenvalue weighted by atomic mass is 9.86. The molecule has 6 heteroatoms. The summed E-state index contributed by atoms with van der Waals surface area (Å²) in [7, 11) is 0. The predicted octanol–water partition coefficient (Wildman–Crippen LogP) is 4.98. The summed E-state index contributed by atoms with van der Waals surface area (Å²) in [6, 6.07) is 8.67. The standard InChI is InChI=1S/C23H23Cl2NO3/c1-12-8-13(2)20(14(3)9-12)21-19(27)11-15(22(21)28)6-7-26-23(29)16-4-5-17(24)18(25)10-16/h4-5,8-10,15,21H,6-7,11H2,1-3H3,(H,26,29). The van der Waals surface area contributed by atoms with Crippen molar-refractivity contribution in [2.75, 3.05) is 6.54 Å². The monoisotopic (exact) mass is 431 g/mol. The molecule has 1 aliphatic rings. The Morgan fingerprint density at radius 2 is 1.69 bits per heavy atom.